The molecule has 0 aliphatic heterocycles. The van der Waals surface area contributed by atoms with Crippen molar-refractivity contribution in [3.63, 3.8) is 0 Å². The summed E-state index contributed by atoms with van der Waals surface area (Å²) < 4.78 is 14.7. The second kappa shape index (κ2) is 9.70. The van der Waals surface area contributed by atoms with Gasteiger partial charge in [-0.25, -0.2) is 14.4 Å². The van der Waals surface area contributed by atoms with E-state index in [4.69, 9.17) is 14.2 Å². The molecule has 6 nitrogen and oxygen atoms in total. The van der Waals surface area contributed by atoms with Gasteiger partial charge >= 0.3 is 17.9 Å². The standard InChI is InChI=1S/C18H24O6/c1-5-7-8-9-24-16(19)13-10-12(6-2)15(18(21)23-4)14(11-13)17(20)22-3/h10-11H,5-9H2,1-4H3. The van der Waals surface area contributed by atoms with Crippen LogP contribution < -0.4 is 0 Å². The Bertz CT molecular complexity index is 606. The fourth-order valence-corrected chi connectivity index (χ4v) is 2.31. The van der Waals surface area contributed by atoms with E-state index in [9.17, 15) is 14.4 Å². The third-order valence-electron chi connectivity index (χ3n) is 3.61. The number of carbonyl (C=O) groups excluding carboxylic acids is 3. The molecule has 6 heteroatoms. The monoisotopic (exact) mass is 336 g/mol. The van der Waals surface area contributed by atoms with Crippen LogP contribution in [0.15, 0.2) is 12.1 Å². The van der Waals surface area contributed by atoms with Gasteiger partial charge in [-0.2, -0.15) is 0 Å². The van der Waals surface area contributed by atoms with E-state index in [1.54, 1.807) is 6.07 Å². The maximum Gasteiger partial charge on any atom is 0.339 e. The largest absolute Gasteiger partial charge is 0.465 e. The summed E-state index contributed by atoms with van der Waals surface area (Å²) in [7, 11) is 2.45. The first-order valence-corrected chi connectivity index (χ1v) is 8.00. The van der Waals surface area contributed by atoms with Crippen LogP contribution >= 0.6 is 0 Å². The quantitative estimate of drug-likeness (QED) is 0.412. The number of hydrogen-bond donors (Lipinski definition) is 0. The Morgan fingerprint density at radius 3 is 2.12 bits per heavy atom. The smallest absolute Gasteiger partial charge is 0.339 e. The van der Waals surface area contributed by atoms with E-state index >= 15 is 0 Å². The molecule has 0 radical (unpaired) electrons. The minimum absolute atomic E-state index is 0.00390. The summed E-state index contributed by atoms with van der Waals surface area (Å²) in [5, 5.41) is 0. The fraction of sp³-hybridized carbons (Fsp3) is 0.500. The van der Waals surface area contributed by atoms with Crippen molar-refractivity contribution >= 4 is 17.9 Å². The van der Waals surface area contributed by atoms with Crippen molar-refractivity contribution in [2.75, 3.05) is 20.8 Å². The van der Waals surface area contributed by atoms with Crippen molar-refractivity contribution in [1.82, 2.24) is 0 Å². The lowest BCUT2D eigenvalue weighted by atomic mass is 9.95. The molecule has 0 amide bonds. The molecule has 0 aromatic heterocycles. The van der Waals surface area contributed by atoms with E-state index in [0.717, 1.165) is 19.3 Å². The van der Waals surface area contributed by atoms with Crippen molar-refractivity contribution in [1.29, 1.82) is 0 Å². The van der Waals surface area contributed by atoms with Gasteiger partial charge in [-0.15, -0.1) is 0 Å². The molecule has 132 valence electrons. The van der Waals surface area contributed by atoms with Crippen LogP contribution in [0.25, 0.3) is 0 Å². The number of carbonyl (C=O) groups is 3. The van der Waals surface area contributed by atoms with Crippen LogP contribution in [0.2, 0.25) is 0 Å². The van der Waals surface area contributed by atoms with Crippen molar-refractivity contribution < 1.29 is 28.6 Å². The van der Waals surface area contributed by atoms with Crippen molar-refractivity contribution in [3.8, 4) is 0 Å². The lowest BCUT2D eigenvalue weighted by Gasteiger charge is -2.13. The second-order valence-electron chi connectivity index (χ2n) is 5.24. The van der Waals surface area contributed by atoms with Crippen LogP contribution in [0.1, 0.15) is 69.7 Å². The molecular weight excluding hydrogens is 312 g/mol. The summed E-state index contributed by atoms with van der Waals surface area (Å²) >= 11 is 0. The number of unbranched alkanes of at least 4 members (excludes halogenated alkanes) is 2. The van der Waals surface area contributed by atoms with Crippen LogP contribution in [-0.4, -0.2) is 38.7 Å². The highest BCUT2D eigenvalue weighted by Gasteiger charge is 2.24. The average Bonchev–Trinajstić information content (AvgIpc) is 2.62. The van der Waals surface area contributed by atoms with Crippen molar-refractivity contribution in [2.24, 2.45) is 0 Å². The summed E-state index contributed by atoms with van der Waals surface area (Å²) in [5.41, 5.74) is 0.875. The van der Waals surface area contributed by atoms with E-state index < -0.39 is 17.9 Å². The number of ether oxygens (including phenoxy) is 3. The Hall–Kier alpha value is -2.37. The first kappa shape index (κ1) is 19.7. The first-order valence-electron chi connectivity index (χ1n) is 8.00. The molecule has 0 N–H and O–H groups in total. The van der Waals surface area contributed by atoms with Crippen LogP contribution in [0.3, 0.4) is 0 Å². The Kier molecular flexibility index (Phi) is 7.95. The average molecular weight is 336 g/mol. The van der Waals surface area contributed by atoms with E-state index in [0.29, 0.717) is 18.6 Å². The highest BCUT2D eigenvalue weighted by atomic mass is 16.5. The Morgan fingerprint density at radius 2 is 1.58 bits per heavy atom. The second-order valence-corrected chi connectivity index (χ2v) is 5.24. The third kappa shape index (κ3) is 4.81. The number of esters is 3. The zero-order chi connectivity index (χ0) is 18.1. The highest BCUT2D eigenvalue weighted by molar-refractivity contribution is 6.06. The van der Waals surface area contributed by atoms with Crippen LogP contribution in [0.4, 0.5) is 0 Å². The molecule has 0 saturated carbocycles. The zero-order valence-electron chi connectivity index (χ0n) is 14.6. The number of rotatable bonds is 8. The van der Waals surface area contributed by atoms with Crippen LogP contribution in [0.5, 0.6) is 0 Å². The van der Waals surface area contributed by atoms with Crippen LogP contribution in [0, 0.1) is 0 Å². The molecule has 1 aromatic carbocycles. The first-order chi connectivity index (χ1) is 11.5. The van der Waals surface area contributed by atoms with Crippen molar-refractivity contribution in [2.45, 2.75) is 39.5 Å². The molecular formula is C18H24O6. The third-order valence-corrected chi connectivity index (χ3v) is 3.61. The summed E-state index contributed by atoms with van der Waals surface area (Å²) in [5.74, 6) is -1.87. The van der Waals surface area contributed by atoms with Crippen molar-refractivity contribution in [3.05, 3.63) is 34.4 Å². The van der Waals surface area contributed by atoms with Gasteiger partial charge in [-0.1, -0.05) is 26.7 Å². The van der Waals surface area contributed by atoms with Gasteiger partial charge in [0.15, 0.2) is 0 Å². The van der Waals surface area contributed by atoms with Gasteiger partial charge in [0.05, 0.1) is 37.5 Å². The number of benzene rings is 1. The molecule has 0 bridgehead atoms. The fourth-order valence-electron chi connectivity index (χ4n) is 2.31. The molecule has 0 unspecified atom stereocenters. The van der Waals surface area contributed by atoms with Gasteiger partial charge in [-0.05, 0) is 30.5 Å². The Balaban J connectivity index is 3.22. The van der Waals surface area contributed by atoms with Gasteiger partial charge in [0.1, 0.15) is 0 Å². The summed E-state index contributed by atoms with van der Waals surface area (Å²) in [6, 6.07) is 2.88. The minimum Gasteiger partial charge on any atom is -0.465 e. The molecule has 0 atom stereocenters. The molecule has 0 saturated heterocycles. The molecule has 0 fully saturated rings. The molecule has 0 aliphatic rings. The molecule has 1 aromatic rings. The minimum atomic E-state index is -0.703. The van der Waals surface area contributed by atoms with E-state index in [2.05, 4.69) is 6.92 Å². The zero-order valence-corrected chi connectivity index (χ0v) is 14.6. The van der Waals surface area contributed by atoms with E-state index in [-0.39, 0.29) is 16.7 Å². The molecule has 0 aliphatic carbocycles. The molecule has 24 heavy (non-hydrogen) atoms. The van der Waals surface area contributed by atoms with E-state index in [1.807, 2.05) is 6.92 Å². The maximum absolute atomic E-state index is 12.2. The molecule has 0 spiro atoms. The van der Waals surface area contributed by atoms with Gasteiger partial charge in [0, 0.05) is 0 Å². The molecule has 1 rings (SSSR count). The number of methoxy groups -OCH3 is 2. The number of aryl methyl sites for hydroxylation is 1. The van der Waals surface area contributed by atoms with Gasteiger partial charge in [-0.3, -0.25) is 0 Å². The molecule has 0 heterocycles. The summed E-state index contributed by atoms with van der Waals surface area (Å²) in [6.45, 7) is 4.20. The Morgan fingerprint density at radius 1 is 0.917 bits per heavy atom. The van der Waals surface area contributed by atoms with Crippen LogP contribution in [-0.2, 0) is 20.6 Å². The van der Waals surface area contributed by atoms with Gasteiger partial charge in [0.2, 0.25) is 0 Å². The van der Waals surface area contributed by atoms with Gasteiger partial charge in [0.25, 0.3) is 0 Å². The van der Waals surface area contributed by atoms with E-state index in [1.165, 1.54) is 20.3 Å². The summed E-state index contributed by atoms with van der Waals surface area (Å²) in [6.07, 6.45) is 3.23. The number of hydrogen-bond acceptors (Lipinski definition) is 6. The lowest BCUT2D eigenvalue weighted by molar-refractivity contribution is 0.0495. The SMILES string of the molecule is CCCCCOC(=O)c1cc(CC)c(C(=O)OC)c(C(=O)OC)c1. The predicted molar refractivity (Wildman–Crippen MR) is 88.3 cm³/mol. The Labute approximate surface area is 142 Å². The normalized spacial score (nSPS) is 10.2. The predicted octanol–water partition coefficient (Wildman–Crippen LogP) is 3.17. The lowest BCUT2D eigenvalue weighted by Crippen LogP contribution is -2.17. The highest BCUT2D eigenvalue weighted by Crippen LogP contribution is 2.22. The van der Waals surface area contributed by atoms with Gasteiger partial charge < -0.3 is 14.2 Å². The topological polar surface area (TPSA) is 78.9 Å². The maximum atomic E-state index is 12.2. The summed E-state index contributed by atoms with van der Waals surface area (Å²) in [4.78, 5) is 36.2.